The summed E-state index contributed by atoms with van der Waals surface area (Å²) < 4.78 is 5.27. The van der Waals surface area contributed by atoms with Crippen molar-refractivity contribution in [1.82, 2.24) is 0 Å². The van der Waals surface area contributed by atoms with Crippen molar-refractivity contribution in [2.24, 2.45) is 0 Å². The second kappa shape index (κ2) is 6.58. The Morgan fingerprint density at radius 3 is 2.50 bits per heavy atom. The van der Waals surface area contributed by atoms with E-state index in [1.165, 1.54) is 0 Å². The minimum absolute atomic E-state index is 0.104. The third kappa shape index (κ3) is 3.12. The van der Waals surface area contributed by atoms with Gasteiger partial charge in [-0.2, -0.15) is 0 Å². The van der Waals surface area contributed by atoms with Crippen LogP contribution < -0.4 is 0 Å². The molecule has 0 spiro atoms. The normalized spacial score (nSPS) is 14.0. The first kappa shape index (κ1) is 14.7. The molecule has 1 aromatic carbocycles. The van der Waals surface area contributed by atoms with Crippen LogP contribution in [-0.2, 0) is 14.9 Å². The first-order valence-electron chi connectivity index (χ1n) is 6.79. The Balaban J connectivity index is 3.11. The molecule has 1 unspecified atom stereocenters. The highest BCUT2D eigenvalue weighted by molar-refractivity contribution is 5.83. The molecule has 0 saturated carbocycles. The van der Waals surface area contributed by atoms with Crippen LogP contribution in [0.3, 0.4) is 0 Å². The molecule has 0 aliphatic carbocycles. The zero-order valence-corrected chi connectivity index (χ0v) is 12.0. The number of carbonyl (C=O) groups is 1. The molecule has 1 rings (SSSR count). The van der Waals surface area contributed by atoms with Crippen molar-refractivity contribution in [3.63, 3.8) is 0 Å². The van der Waals surface area contributed by atoms with Crippen LogP contribution in [0.1, 0.15) is 51.2 Å². The summed E-state index contributed by atoms with van der Waals surface area (Å²) in [4.78, 5) is 12.3. The molecule has 0 aliphatic heterocycles. The van der Waals surface area contributed by atoms with E-state index in [9.17, 15) is 4.79 Å². The monoisotopic (exact) mass is 248 g/mol. The van der Waals surface area contributed by atoms with Gasteiger partial charge in [0.15, 0.2) is 0 Å². The van der Waals surface area contributed by atoms with E-state index in [4.69, 9.17) is 4.74 Å². The van der Waals surface area contributed by atoms with Crippen molar-refractivity contribution < 1.29 is 9.53 Å². The maximum absolute atomic E-state index is 12.3. The van der Waals surface area contributed by atoms with Gasteiger partial charge in [0.05, 0.1) is 12.0 Å². The number of hydrogen-bond acceptors (Lipinski definition) is 2. The van der Waals surface area contributed by atoms with E-state index in [1.54, 1.807) is 0 Å². The fourth-order valence-corrected chi connectivity index (χ4v) is 2.36. The van der Waals surface area contributed by atoms with Gasteiger partial charge in [0.25, 0.3) is 0 Å². The molecule has 1 atom stereocenters. The number of ether oxygens (including phenoxy) is 1. The Bertz CT molecular complexity index is 398. The minimum Gasteiger partial charge on any atom is -0.465 e. The molecule has 0 bridgehead atoms. The highest BCUT2D eigenvalue weighted by atomic mass is 16.5. The zero-order valence-electron chi connectivity index (χ0n) is 12.0. The second-order valence-electron chi connectivity index (χ2n) is 4.97. The van der Waals surface area contributed by atoms with Crippen molar-refractivity contribution in [3.05, 3.63) is 35.4 Å². The molecule has 0 amide bonds. The van der Waals surface area contributed by atoms with Gasteiger partial charge in [-0.15, -0.1) is 0 Å². The van der Waals surface area contributed by atoms with Gasteiger partial charge in [0, 0.05) is 0 Å². The fraction of sp³-hybridized carbons (Fsp3) is 0.562. The van der Waals surface area contributed by atoms with E-state index >= 15 is 0 Å². The first-order valence-corrected chi connectivity index (χ1v) is 6.79. The van der Waals surface area contributed by atoms with Gasteiger partial charge < -0.3 is 4.74 Å². The van der Waals surface area contributed by atoms with Crippen LogP contribution in [0.5, 0.6) is 0 Å². The Morgan fingerprint density at radius 1 is 1.28 bits per heavy atom. The van der Waals surface area contributed by atoms with Crippen molar-refractivity contribution in [2.45, 2.75) is 52.4 Å². The highest BCUT2D eigenvalue weighted by Crippen LogP contribution is 2.33. The van der Waals surface area contributed by atoms with Crippen LogP contribution in [0.2, 0.25) is 0 Å². The Hall–Kier alpha value is -1.31. The zero-order chi connectivity index (χ0) is 13.6. The number of aryl methyl sites for hydroxylation is 1. The van der Waals surface area contributed by atoms with Gasteiger partial charge in [-0.25, -0.2) is 0 Å². The van der Waals surface area contributed by atoms with E-state index in [0.717, 1.165) is 30.4 Å². The number of esters is 1. The van der Waals surface area contributed by atoms with Gasteiger partial charge in [0.1, 0.15) is 0 Å². The molecule has 0 heterocycles. The Labute approximate surface area is 110 Å². The summed E-state index contributed by atoms with van der Waals surface area (Å²) in [5, 5.41) is 0. The predicted molar refractivity (Wildman–Crippen MR) is 74.7 cm³/mol. The van der Waals surface area contributed by atoms with Crippen LogP contribution in [0, 0.1) is 6.92 Å². The van der Waals surface area contributed by atoms with Crippen LogP contribution in [-0.4, -0.2) is 12.6 Å². The van der Waals surface area contributed by atoms with E-state index in [2.05, 4.69) is 19.9 Å². The molecule has 1 aromatic rings. The van der Waals surface area contributed by atoms with Crippen LogP contribution >= 0.6 is 0 Å². The topological polar surface area (TPSA) is 26.3 Å². The lowest BCUT2D eigenvalue weighted by molar-refractivity contribution is -0.149. The van der Waals surface area contributed by atoms with E-state index in [-0.39, 0.29) is 5.97 Å². The Morgan fingerprint density at radius 2 is 1.94 bits per heavy atom. The molecule has 18 heavy (non-hydrogen) atoms. The van der Waals surface area contributed by atoms with Crippen LogP contribution in [0.25, 0.3) is 0 Å². The average molecular weight is 248 g/mol. The van der Waals surface area contributed by atoms with Crippen LogP contribution in [0.15, 0.2) is 24.3 Å². The molecular weight excluding hydrogens is 224 g/mol. The van der Waals surface area contributed by atoms with E-state index in [0.29, 0.717) is 6.61 Å². The molecule has 0 radical (unpaired) electrons. The second-order valence-corrected chi connectivity index (χ2v) is 4.97. The van der Waals surface area contributed by atoms with Gasteiger partial charge in [-0.1, -0.05) is 44.0 Å². The summed E-state index contributed by atoms with van der Waals surface area (Å²) >= 11 is 0. The lowest BCUT2D eigenvalue weighted by Gasteiger charge is -2.29. The minimum atomic E-state index is -0.517. The van der Waals surface area contributed by atoms with Gasteiger partial charge in [-0.3, -0.25) is 4.79 Å². The van der Waals surface area contributed by atoms with Crippen molar-refractivity contribution in [3.8, 4) is 0 Å². The number of benzene rings is 1. The number of hydrogen-bond donors (Lipinski definition) is 0. The third-order valence-corrected chi connectivity index (χ3v) is 3.50. The summed E-state index contributed by atoms with van der Waals surface area (Å²) in [6.45, 7) is 8.49. The summed E-state index contributed by atoms with van der Waals surface area (Å²) in [5.41, 5.74) is 1.73. The van der Waals surface area contributed by atoms with Gasteiger partial charge in [-0.05, 0) is 38.3 Å². The quantitative estimate of drug-likeness (QED) is 0.711. The molecular formula is C16H24O2. The molecule has 2 heteroatoms. The van der Waals surface area contributed by atoms with Crippen molar-refractivity contribution in [2.75, 3.05) is 6.61 Å². The first-order chi connectivity index (χ1) is 8.56. The third-order valence-electron chi connectivity index (χ3n) is 3.50. The van der Waals surface area contributed by atoms with Crippen LogP contribution in [0.4, 0.5) is 0 Å². The molecule has 0 saturated heterocycles. The molecule has 2 nitrogen and oxygen atoms in total. The summed E-state index contributed by atoms with van der Waals surface area (Å²) in [7, 11) is 0. The van der Waals surface area contributed by atoms with Gasteiger partial charge in [0.2, 0.25) is 0 Å². The van der Waals surface area contributed by atoms with Crippen molar-refractivity contribution in [1.29, 1.82) is 0 Å². The SMILES string of the molecule is CCCCC(C)(C(=O)OCC)c1ccccc1C. The van der Waals surface area contributed by atoms with Gasteiger partial charge >= 0.3 is 5.97 Å². The lowest BCUT2D eigenvalue weighted by Crippen LogP contribution is -2.35. The maximum atomic E-state index is 12.3. The maximum Gasteiger partial charge on any atom is 0.316 e. The lowest BCUT2D eigenvalue weighted by atomic mass is 9.76. The largest absolute Gasteiger partial charge is 0.465 e. The highest BCUT2D eigenvalue weighted by Gasteiger charge is 2.36. The van der Waals surface area contributed by atoms with Crippen molar-refractivity contribution >= 4 is 5.97 Å². The molecule has 100 valence electrons. The predicted octanol–water partition coefficient (Wildman–Crippen LogP) is 4.01. The number of unbranched alkanes of at least 4 members (excludes halogenated alkanes) is 1. The standard InChI is InChI=1S/C16H24O2/c1-5-7-12-16(4,15(17)18-6-2)14-11-9-8-10-13(14)3/h8-11H,5-7,12H2,1-4H3. The smallest absolute Gasteiger partial charge is 0.316 e. The average Bonchev–Trinajstić information content (AvgIpc) is 2.36. The summed E-state index contributed by atoms with van der Waals surface area (Å²) in [6.07, 6.45) is 2.96. The fourth-order valence-electron chi connectivity index (χ4n) is 2.36. The number of rotatable bonds is 6. The Kier molecular flexibility index (Phi) is 5.39. The van der Waals surface area contributed by atoms with E-state index < -0.39 is 5.41 Å². The van der Waals surface area contributed by atoms with E-state index in [1.807, 2.05) is 32.0 Å². The summed E-state index contributed by atoms with van der Waals surface area (Å²) in [6, 6.07) is 8.09. The molecule has 0 N–H and O–H groups in total. The summed E-state index contributed by atoms with van der Waals surface area (Å²) in [5.74, 6) is -0.104. The molecule has 0 aromatic heterocycles. The molecule has 0 aliphatic rings. The molecule has 0 fully saturated rings. The number of carbonyl (C=O) groups excluding carboxylic acids is 1.